The van der Waals surface area contributed by atoms with Gasteiger partial charge in [0, 0.05) is 6.54 Å². The number of anilines is 1. The van der Waals surface area contributed by atoms with Gasteiger partial charge in [-0.25, -0.2) is 12.8 Å². The summed E-state index contributed by atoms with van der Waals surface area (Å²) in [5.41, 5.74) is 1.14. The third-order valence-electron chi connectivity index (χ3n) is 4.33. The van der Waals surface area contributed by atoms with Gasteiger partial charge in [0.05, 0.1) is 12.8 Å². The molecule has 0 fully saturated rings. The first kappa shape index (κ1) is 21.8. The first-order valence-electron chi connectivity index (χ1n) is 9.12. The van der Waals surface area contributed by atoms with Crippen molar-refractivity contribution in [3.63, 3.8) is 0 Å². The number of nitrogens with zero attached hydrogens (tertiary/aromatic N) is 1. The Bertz CT molecular complexity index is 1080. The van der Waals surface area contributed by atoms with Gasteiger partial charge in [-0.3, -0.25) is 9.10 Å². The van der Waals surface area contributed by atoms with Gasteiger partial charge >= 0.3 is 0 Å². The van der Waals surface area contributed by atoms with Gasteiger partial charge in [-0.05, 0) is 47.7 Å². The molecule has 158 valence electrons. The summed E-state index contributed by atoms with van der Waals surface area (Å²) in [6, 6.07) is 15.8. The van der Waals surface area contributed by atoms with Gasteiger partial charge in [0.15, 0.2) is 0 Å². The van der Waals surface area contributed by atoms with Crippen molar-refractivity contribution in [1.29, 1.82) is 0 Å². The average Bonchev–Trinajstić information content (AvgIpc) is 3.29. The number of sulfonamides is 1. The molecule has 0 aliphatic rings. The molecule has 0 spiro atoms. The Labute approximate surface area is 179 Å². The van der Waals surface area contributed by atoms with Crippen LogP contribution in [0.5, 0.6) is 5.75 Å². The van der Waals surface area contributed by atoms with Crippen LogP contribution in [0, 0.1) is 5.82 Å². The molecule has 0 saturated carbocycles. The molecule has 6 nitrogen and oxygen atoms in total. The number of ether oxygens (including phenoxy) is 1. The quantitative estimate of drug-likeness (QED) is 0.544. The van der Waals surface area contributed by atoms with E-state index < -0.39 is 22.5 Å². The SMILES string of the molecule is COc1ccccc1N(CC(=O)NCCc1ccc(F)cc1)S(=O)(=O)c1cccs1. The Morgan fingerprint density at radius 3 is 2.50 bits per heavy atom. The fourth-order valence-electron chi connectivity index (χ4n) is 2.84. The van der Waals surface area contributed by atoms with E-state index in [1.165, 1.54) is 25.3 Å². The number of halogens is 1. The molecule has 1 N–H and O–H groups in total. The fraction of sp³-hybridized carbons (Fsp3) is 0.190. The highest BCUT2D eigenvalue weighted by molar-refractivity contribution is 7.94. The lowest BCUT2D eigenvalue weighted by Crippen LogP contribution is -2.41. The van der Waals surface area contributed by atoms with Crippen LogP contribution >= 0.6 is 11.3 Å². The van der Waals surface area contributed by atoms with Gasteiger partial charge in [0.2, 0.25) is 5.91 Å². The summed E-state index contributed by atoms with van der Waals surface area (Å²) in [5, 5.41) is 4.39. The molecule has 1 amide bonds. The number of nitrogens with one attached hydrogen (secondary N) is 1. The van der Waals surface area contributed by atoms with E-state index in [2.05, 4.69) is 5.32 Å². The molecule has 3 aromatic rings. The van der Waals surface area contributed by atoms with E-state index in [-0.39, 0.29) is 15.7 Å². The van der Waals surface area contributed by atoms with Gasteiger partial charge in [-0.1, -0.05) is 30.3 Å². The van der Waals surface area contributed by atoms with E-state index in [0.29, 0.717) is 18.7 Å². The van der Waals surface area contributed by atoms with Crippen LogP contribution in [-0.4, -0.2) is 34.5 Å². The first-order valence-corrected chi connectivity index (χ1v) is 11.4. The zero-order chi connectivity index (χ0) is 21.6. The number of amides is 1. The fourth-order valence-corrected chi connectivity index (χ4v) is 5.37. The predicted molar refractivity (Wildman–Crippen MR) is 115 cm³/mol. The highest BCUT2D eigenvalue weighted by Crippen LogP contribution is 2.33. The normalized spacial score (nSPS) is 11.1. The molecule has 1 aromatic heterocycles. The van der Waals surface area contributed by atoms with Gasteiger partial charge in [0.25, 0.3) is 10.0 Å². The van der Waals surface area contributed by atoms with Crippen molar-refractivity contribution in [2.24, 2.45) is 0 Å². The number of hydrogen-bond acceptors (Lipinski definition) is 5. The highest BCUT2D eigenvalue weighted by atomic mass is 32.2. The summed E-state index contributed by atoms with van der Waals surface area (Å²) in [6.07, 6.45) is 0.498. The van der Waals surface area contributed by atoms with Crippen LogP contribution in [0.3, 0.4) is 0 Å². The van der Waals surface area contributed by atoms with E-state index in [9.17, 15) is 17.6 Å². The largest absolute Gasteiger partial charge is 0.495 e. The molecule has 30 heavy (non-hydrogen) atoms. The maximum Gasteiger partial charge on any atom is 0.274 e. The number of carbonyl (C=O) groups excluding carboxylic acids is 1. The molecule has 0 radical (unpaired) electrons. The summed E-state index contributed by atoms with van der Waals surface area (Å²) in [6.45, 7) is -0.104. The lowest BCUT2D eigenvalue weighted by Gasteiger charge is -2.24. The molecule has 1 heterocycles. The minimum absolute atomic E-state index is 0.132. The molecule has 9 heteroatoms. The van der Waals surface area contributed by atoms with Crippen molar-refractivity contribution >= 4 is 33.0 Å². The smallest absolute Gasteiger partial charge is 0.274 e. The van der Waals surface area contributed by atoms with Gasteiger partial charge in [-0.2, -0.15) is 0 Å². The van der Waals surface area contributed by atoms with E-state index >= 15 is 0 Å². The molecule has 0 bridgehead atoms. The monoisotopic (exact) mass is 448 g/mol. The summed E-state index contributed by atoms with van der Waals surface area (Å²) < 4.78 is 45.9. The van der Waals surface area contributed by atoms with Gasteiger partial charge < -0.3 is 10.1 Å². The van der Waals surface area contributed by atoms with E-state index in [4.69, 9.17) is 4.74 Å². The Balaban J connectivity index is 1.77. The average molecular weight is 449 g/mol. The van der Waals surface area contributed by atoms with Gasteiger partial charge in [0.1, 0.15) is 22.3 Å². The first-order chi connectivity index (χ1) is 14.4. The number of benzene rings is 2. The highest BCUT2D eigenvalue weighted by Gasteiger charge is 2.29. The lowest BCUT2D eigenvalue weighted by atomic mass is 10.1. The van der Waals surface area contributed by atoms with Crippen LogP contribution in [0.15, 0.2) is 70.3 Å². The molecule has 0 aliphatic carbocycles. The minimum atomic E-state index is -3.95. The summed E-state index contributed by atoms with van der Waals surface area (Å²) >= 11 is 1.08. The van der Waals surface area contributed by atoms with Crippen LogP contribution < -0.4 is 14.4 Å². The lowest BCUT2D eigenvalue weighted by molar-refractivity contribution is -0.119. The van der Waals surface area contributed by atoms with Crippen LogP contribution in [0.1, 0.15) is 5.56 Å². The second-order valence-corrected chi connectivity index (χ2v) is 9.38. The predicted octanol–water partition coefficient (Wildman–Crippen LogP) is 3.45. The Hall–Kier alpha value is -2.91. The zero-order valence-electron chi connectivity index (χ0n) is 16.2. The van der Waals surface area contributed by atoms with Crippen molar-refractivity contribution in [1.82, 2.24) is 5.32 Å². The van der Waals surface area contributed by atoms with Crippen LogP contribution in [0.2, 0.25) is 0 Å². The number of carbonyl (C=O) groups is 1. The number of para-hydroxylation sites is 2. The summed E-state index contributed by atoms with van der Waals surface area (Å²) in [4.78, 5) is 12.6. The number of thiophene rings is 1. The van der Waals surface area contributed by atoms with Crippen LogP contribution in [0.25, 0.3) is 0 Å². The van der Waals surface area contributed by atoms with Crippen molar-refractivity contribution in [3.8, 4) is 5.75 Å². The second kappa shape index (κ2) is 9.73. The number of hydrogen-bond donors (Lipinski definition) is 1. The van der Waals surface area contributed by atoms with E-state index in [1.54, 1.807) is 47.8 Å². The maximum atomic E-state index is 13.2. The molecule has 0 unspecified atom stereocenters. The zero-order valence-corrected chi connectivity index (χ0v) is 17.9. The maximum absolute atomic E-state index is 13.2. The van der Waals surface area contributed by atoms with Crippen molar-refractivity contribution in [3.05, 3.63) is 77.4 Å². The van der Waals surface area contributed by atoms with Crippen LogP contribution in [-0.2, 0) is 21.2 Å². The minimum Gasteiger partial charge on any atom is -0.495 e. The van der Waals surface area contributed by atoms with Crippen molar-refractivity contribution in [2.75, 3.05) is 24.5 Å². The standard InChI is InChI=1S/C21H21FN2O4S2/c1-28-19-6-3-2-5-18(19)24(30(26,27)21-7-4-14-29-21)15-20(25)23-13-12-16-8-10-17(22)11-9-16/h2-11,14H,12-13,15H2,1H3,(H,23,25). The third-order valence-corrected chi connectivity index (χ3v) is 7.46. The van der Waals surface area contributed by atoms with E-state index in [0.717, 1.165) is 21.2 Å². The molecule has 2 aromatic carbocycles. The molecule has 3 rings (SSSR count). The summed E-state index contributed by atoms with van der Waals surface area (Å²) in [7, 11) is -2.51. The topological polar surface area (TPSA) is 75.7 Å². The van der Waals surface area contributed by atoms with Gasteiger partial charge in [-0.15, -0.1) is 11.3 Å². The second-order valence-electron chi connectivity index (χ2n) is 6.34. The Morgan fingerprint density at radius 1 is 1.10 bits per heavy atom. The summed E-state index contributed by atoms with van der Waals surface area (Å²) in [5.74, 6) is -0.436. The van der Waals surface area contributed by atoms with Crippen molar-refractivity contribution < 1.29 is 22.3 Å². The molecule has 0 saturated heterocycles. The molecule has 0 atom stereocenters. The van der Waals surface area contributed by atoms with E-state index in [1.807, 2.05) is 0 Å². The van der Waals surface area contributed by atoms with Crippen molar-refractivity contribution in [2.45, 2.75) is 10.6 Å². The molecular weight excluding hydrogens is 427 g/mol. The molecular formula is C21H21FN2O4S2. The molecule has 0 aliphatic heterocycles. The Morgan fingerprint density at radius 2 is 1.83 bits per heavy atom. The van der Waals surface area contributed by atoms with Crippen LogP contribution in [0.4, 0.5) is 10.1 Å². The number of methoxy groups -OCH3 is 1. The Kier molecular flexibility index (Phi) is 7.07. The number of rotatable bonds is 9. The third kappa shape index (κ3) is 5.17.